The molecule has 2 aromatic heterocycles. The second kappa shape index (κ2) is 10.5. The van der Waals surface area contributed by atoms with Crippen LogP contribution >= 0.6 is 11.6 Å². The number of amides is 1. The Morgan fingerprint density at radius 3 is 2.61 bits per heavy atom. The van der Waals surface area contributed by atoms with Crippen LogP contribution in [0.2, 0.25) is 5.02 Å². The van der Waals surface area contributed by atoms with E-state index in [9.17, 15) is 18.4 Å². The number of rotatable bonds is 2. The lowest BCUT2D eigenvalue weighted by molar-refractivity contribution is -0.119. The molecule has 2 aromatic carbocycles. The lowest BCUT2D eigenvalue weighted by Gasteiger charge is -2.23. The lowest BCUT2D eigenvalue weighted by atomic mass is 9.95. The van der Waals surface area contributed by atoms with Crippen LogP contribution < -0.4 is 10.9 Å². The minimum Gasteiger partial charge on any atom is -0.325 e. The molecule has 2 atom stereocenters. The van der Waals surface area contributed by atoms with Crippen LogP contribution in [0.25, 0.3) is 22.3 Å². The van der Waals surface area contributed by atoms with E-state index in [-0.39, 0.29) is 33.3 Å². The van der Waals surface area contributed by atoms with E-state index in [1.165, 1.54) is 22.9 Å². The van der Waals surface area contributed by atoms with Crippen LogP contribution in [0.1, 0.15) is 37.9 Å². The van der Waals surface area contributed by atoms with Crippen LogP contribution in [0.5, 0.6) is 0 Å². The molecule has 5 nitrogen and oxygen atoms in total. The van der Waals surface area contributed by atoms with Gasteiger partial charge in [-0.2, -0.15) is 0 Å². The van der Waals surface area contributed by atoms with Gasteiger partial charge in [0.05, 0.1) is 22.4 Å². The summed E-state index contributed by atoms with van der Waals surface area (Å²) >= 11 is 5.92. The maximum Gasteiger partial charge on any atom is 0.251 e. The van der Waals surface area contributed by atoms with Gasteiger partial charge < -0.3 is 9.88 Å². The average molecular weight is 538 g/mol. The summed E-state index contributed by atoms with van der Waals surface area (Å²) in [6.07, 6.45) is 4.59. The number of aromatic nitrogens is 2. The Balaban J connectivity index is 1.63. The Morgan fingerprint density at radius 1 is 1.00 bits per heavy atom. The summed E-state index contributed by atoms with van der Waals surface area (Å²) in [6.45, 7) is 1.74. The first kappa shape index (κ1) is 25.7. The third-order valence-corrected chi connectivity index (χ3v) is 7.12. The largest absolute Gasteiger partial charge is 0.325 e. The van der Waals surface area contributed by atoms with Crippen molar-refractivity contribution >= 4 is 23.2 Å². The number of hydrogen-bond donors (Lipinski definition) is 1. The van der Waals surface area contributed by atoms with Crippen LogP contribution in [-0.4, -0.2) is 15.5 Å². The summed E-state index contributed by atoms with van der Waals surface area (Å²) in [5.41, 5.74) is 1.15. The third-order valence-electron chi connectivity index (χ3n) is 6.83. The molecule has 0 fully saturated rings. The van der Waals surface area contributed by atoms with Crippen molar-refractivity contribution in [2.24, 2.45) is 5.92 Å². The van der Waals surface area contributed by atoms with E-state index in [2.05, 4.69) is 10.3 Å². The predicted octanol–water partition coefficient (Wildman–Crippen LogP) is 7.00. The third kappa shape index (κ3) is 4.96. The second-order valence-electron chi connectivity index (χ2n) is 9.38. The van der Waals surface area contributed by atoms with Crippen molar-refractivity contribution in [3.63, 3.8) is 0 Å². The standard InChI is InChI=1S/C29H23ClF3N3O2/c1-16-4-2-7-25(36-11-9-17(13-26(36)37)20-5-3-6-21(30)28(20)33)23-12-18(8-10-34-23)27-22(32)14-19(31)15-24(27)35-29(16)38/h3,5-6,8-16,25H,2,4,7H2,1H3,(H,35,38). The highest BCUT2D eigenvalue weighted by Crippen LogP contribution is 2.35. The molecule has 194 valence electrons. The summed E-state index contributed by atoms with van der Waals surface area (Å²) in [6, 6.07) is 12.1. The topological polar surface area (TPSA) is 64.0 Å². The second-order valence-corrected chi connectivity index (χ2v) is 9.79. The molecule has 0 spiro atoms. The van der Waals surface area contributed by atoms with E-state index in [1.54, 1.807) is 43.5 Å². The summed E-state index contributed by atoms with van der Waals surface area (Å²) in [4.78, 5) is 30.6. The van der Waals surface area contributed by atoms with Crippen molar-refractivity contribution in [3.8, 4) is 22.3 Å². The van der Waals surface area contributed by atoms with Crippen molar-refractivity contribution in [1.29, 1.82) is 0 Å². The van der Waals surface area contributed by atoms with Gasteiger partial charge >= 0.3 is 0 Å². The number of halogens is 4. The number of hydrogen-bond acceptors (Lipinski definition) is 3. The SMILES string of the molecule is CC1CCCC(n2ccc(-c3cccc(Cl)c3F)cc2=O)c2cc(ccn2)-c2c(F)cc(F)cc2NC1=O. The molecule has 1 amide bonds. The number of nitrogens with zero attached hydrogens (tertiary/aromatic N) is 2. The Bertz CT molecular complexity index is 1600. The number of fused-ring (bicyclic) bond motifs is 4. The molecule has 9 heteroatoms. The summed E-state index contributed by atoms with van der Waals surface area (Å²) in [5.74, 6) is -3.05. The molecule has 0 radical (unpaired) electrons. The van der Waals surface area contributed by atoms with E-state index < -0.39 is 29.4 Å². The molecule has 2 unspecified atom stereocenters. The highest BCUT2D eigenvalue weighted by molar-refractivity contribution is 6.31. The number of nitrogens with one attached hydrogen (secondary N) is 1. The van der Waals surface area contributed by atoms with Gasteiger partial charge in [-0.15, -0.1) is 0 Å². The smallest absolute Gasteiger partial charge is 0.251 e. The molecule has 0 saturated heterocycles. The van der Waals surface area contributed by atoms with Gasteiger partial charge in [0.2, 0.25) is 5.91 Å². The Labute approximate surface area is 221 Å². The van der Waals surface area contributed by atoms with Gasteiger partial charge in [-0.25, -0.2) is 13.2 Å². The molecule has 2 bridgehead atoms. The molecule has 1 N–H and O–H groups in total. The first-order valence-electron chi connectivity index (χ1n) is 12.2. The van der Waals surface area contributed by atoms with Crippen molar-refractivity contribution in [2.45, 2.75) is 32.2 Å². The summed E-state index contributed by atoms with van der Waals surface area (Å²) < 4.78 is 45.2. The molecule has 0 saturated carbocycles. The Morgan fingerprint density at radius 2 is 1.82 bits per heavy atom. The van der Waals surface area contributed by atoms with Crippen molar-refractivity contribution in [1.82, 2.24) is 9.55 Å². The zero-order valence-corrected chi connectivity index (χ0v) is 21.1. The van der Waals surface area contributed by atoms with E-state index in [1.807, 2.05) is 0 Å². The van der Waals surface area contributed by atoms with E-state index in [4.69, 9.17) is 11.6 Å². The van der Waals surface area contributed by atoms with Crippen LogP contribution in [0.15, 0.2) is 71.8 Å². The number of pyridine rings is 2. The molecular formula is C29H23ClF3N3O2. The van der Waals surface area contributed by atoms with E-state index in [0.717, 1.165) is 12.1 Å². The van der Waals surface area contributed by atoms with Crippen LogP contribution in [0.3, 0.4) is 0 Å². The van der Waals surface area contributed by atoms with Gasteiger partial charge in [0, 0.05) is 41.6 Å². The minimum absolute atomic E-state index is 0.0266. The highest BCUT2D eigenvalue weighted by Gasteiger charge is 2.24. The van der Waals surface area contributed by atoms with Gasteiger partial charge in [0.15, 0.2) is 0 Å². The van der Waals surface area contributed by atoms with Gasteiger partial charge in [-0.1, -0.05) is 37.1 Å². The summed E-state index contributed by atoms with van der Waals surface area (Å²) in [5, 5.41) is 2.62. The normalized spacial score (nSPS) is 17.7. The molecule has 38 heavy (non-hydrogen) atoms. The molecule has 0 aliphatic carbocycles. The van der Waals surface area contributed by atoms with Gasteiger partial charge in [-0.05, 0) is 54.3 Å². The van der Waals surface area contributed by atoms with Crippen LogP contribution in [0.4, 0.5) is 18.9 Å². The maximum absolute atomic E-state index is 15.0. The number of benzene rings is 2. The molecule has 4 aromatic rings. The Kier molecular flexibility index (Phi) is 7.08. The van der Waals surface area contributed by atoms with E-state index >= 15 is 4.39 Å². The van der Waals surface area contributed by atoms with Gasteiger partial charge in [-0.3, -0.25) is 14.6 Å². The highest BCUT2D eigenvalue weighted by atomic mass is 35.5. The van der Waals surface area contributed by atoms with Crippen LogP contribution in [0, 0.1) is 23.4 Å². The van der Waals surface area contributed by atoms with E-state index in [0.29, 0.717) is 36.1 Å². The summed E-state index contributed by atoms with van der Waals surface area (Å²) in [7, 11) is 0. The van der Waals surface area contributed by atoms with Gasteiger partial charge in [0.25, 0.3) is 5.56 Å². The van der Waals surface area contributed by atoms with Crippen molar-refractivity contribution in [3.05, 3.63) is 106 Å². The first-order valence-corrected chi connectivity index (χ1v) is 12.5. The Hall–Kier alpha value is -3.91. The quantitative estimate of drug-likeness (QED) is 0.299. The monoisotopic (exact) mass is 537 g/mol. The van der Waals surface area contributed by atoms with Crippen molar-refractivity contribution in [2.75, 3.05) is 5.32 Å². The molecule has 1 aliphatic heterocycles. The fourth-order valence-electron chi connectivity index (χ4n) is 4.83. The zero-order valence-electron chi connectivity index (χ0n) is 20.3. The molecule has 5 rings (SSSR count). The molecule has 3 heterocycles. The lowest BCUT2D eigenvalue weighted by Crippen LogP contribution is -2.26. The maximum atomic E-state index is 15.0. The predicted molar refractivity (Wildman–Crippen MR) is 140 cm³/mol. The van der Waals surface area contributed by atoms with Crippen LogP contribution in [-0.2, 0) is 4.79 Å². The fraction of sp³-hybridized carbons (Fsp3) is 0.207. The number of anilines is 1. The fourth-order valence-corrected chi connectivity index (χ4v) is 5.00. The molecular weight excluding hydrogens is 515 g/mol. The van der Waals surface area contributed by atoms with Crippen molar-refractivity contribution < 1.29 is 18.0 Å². The first-order chi connectivity index (χ1) is 18.2. The van der Waals surface area contributed by atoms with Gasteiger partial charge in [0.1, 0.15) is 17.5 Å². The number of carbonyl (C=O) groups is 1. The average Bonchev–Trinajstić information content (AvgIpc) is 2.87. The number of carbonyl (C=O) groups excluding carboxylic acids is 1. The minimum atomic E-state index is -0.830. The molecule has 1 aliphatic rings. The zero-order chi connectivity index (χ0) is 27.0.